The highest BCUT2D eigenvalue weighted by Gasteiger charge is 2.39. The van der Waals surface area contributed by atoms with Gasteiger partial charge in [0.15, 0.2) is 0 Å². The van der Waals surface area contributed by atoms with E-state index in [0.717, 1.165) is 32.4 Å². The number of nitrogens with two attached hydrogens (primary N) is 1. The lowest BCUT2D eigenvalue weighted by Gasteiger charge is -2.48. The number of hydrogen-bond acceptors (Lipinski definition) is 3. The highest BCUT2D eigenvalue weighted by atomic mass is 15.3. The maximum absolute atomic E-state index is 5.79. The summed E-state index contributed by atoms with van der Waals surface area (Å²) >= 11 is 0. The molecule has 0 spiro atoms. The summed E-state index contributed by atoms with van der Waals surface area (Å²) in [6.07, 6.45) is 3.15. The van der Waals surface area contributed by atoms with E-state index in [1.54, 1.807) is 0 Å². The van der Waals surface area contributed by atoms with Crippen molar-refractivity contribution in [3.8, 4) is 0 Å². The average molecular weight is 241 g/mol. The van der Waals surface area contributed by atoms with Gasteiger partial charge in [0.05, 0.1) is 0 Å². The first-order valence-corrected chi connectivity index (χ1v) is 6.87. The van der Waals surface area contributed by atoms with Crippen molar-refractivity contribution in [2.24, 2.45) is 5.84 Å². The third-order valence-corrected chi connectivity index (χ3v) is 4.02. The van der Waals surface area contributed by atoms with Crippen molar-refractivity contribution in [2.75, 3.05) is 13.1 Å². The van der Waals surface area contributed by atoms with Crippen LogP contribution in [0.4, 0.5) is 0 Å². The third-order valence-electron chi connectivity index (χ3n) is 4.02. The summed E-state index contributed by atoms with van der Waals surface area (Å²) in [5.41, 5.74) is 4.35. The molecular weight excluding hydrogens is 210 g/mol. The topological polar surface area (TPSA) is 41.3 Å². The SMILES string of the molecule is C=C(C)CC(NN)C(CC)(CC)N(CC)CC. The van der Waals surface area contributed by atoms with Gasteiger partial charge in [-0.25, -0.2) is 0 Å². The van der Waals surface area contributed by atoms with E-state index in [0.29, 0.717) is 0 Å². The van der Waals surface area contributed by atoms with Gasteiger partial charge in [-0.2, -0.15) is 0 Å². The van der Waals surface area contributed by atoms with E-state index in [9.17, 15) is 0 Å². The molecular formula is C14H31N3. The first-order chi connectivity index (χ1) is 8.02. The van der Waals surface area contributed by atoms with Gasteiger partial charge in [0, 0.05) is 11.6 Å². The van der Waals surface area contributed by atoms with Crippen LogP contribution in [0.2, 0.25) is 0 Å². The van der Waals surface area contributed by atoms with Crippen LogP contribution in [0.1, 0.15) is 53.9 Å². The van der Waals surface area contributed by atoms with E-state index in [1.165, 1.54) is 5.57 Å². The van der Waals surface area contributed by atoms with Gasteiger partial charge in [0.1, 0.15) is 0 Å². The highest BCUT2D eigenvalue weighted by Crippen LogP contribution is 2.30. The summed E-state index contributed by atoms with van der Waals surface area (Å²) in [5.74, 6) is 5.79. The van der Waals surface area contributed by atoms with Crippen LogP contribution in [0, 0.1) is 0 Å². The largest absolute Gasteiger partial charge is 0.297 e. The van der Waals surface area contributed by atoms with Crippen molar-refractivity contribution >= 4 is 0 Å². The Morgan fingerprint density at radius 2 is 1.71 bits per heavy atom. The van der Waals surface area contributed by atoms with Crippen LogP contribution in [-0.2, 0) is 0 Å². The minimum absolute atomic E-state index is 0.136. The van der Waals surface area contributed by atoms with Crippen LogP contribution in [0.15, 0.2) is 12.2 Å². The molecule has 0 heterocycles. The minimum Gasteiger partial charge on any atom is -0.297 e. The molecule has 0 bridgehead atoms. The molecule has 0 aromatic heterocycles. The maximum Gasteiger partial charge on any atom is 0.0431 e. The fraction of sp³-hybridized carbons (Fsp3) is 0.857. The van der Waals surface area contributed by atoms with Crippen LogP contribution in [0.5, 0.6) is 0 Å². The molecule has 3 N–H and O–H groups in total. The predicted molar refractivity (Wildman–Crippen MR) is 76.8 cm³/mol. The number of hydrazine groups is 1. The van der Waals surface area contributed by atoms with E-state index < -0.39 is 0 Å². The summed E-state index contributed by atoms with van der Waals surface area (Å²) in [4.78, 5) is 2.53. The summed E-state index contributed by atoms with van der Waals surface area (Å²) in [7, 11) is 0. The lowest BCUT2D eigenvalue weighted by Crippen LogP contribution is -2.62. The first-order valence-electron chi connectivity index (χ1n) is 6.87. The molecule has 17 heavy (non-hydrogen) atoms. The number of hydrogen-bond donors (Lipinski definition) is 2. The second kappa shape index (κ2) is 7.85. The van der Waals surface area contributed by atoms with Crippen molar-refractivity contribution in [1.82, 2.24) is 10.3 Å². The maximum atomic E-state index is 5.79. The molecule has 102 valence electrons. The Balaban J connectivity index is 5.17. The molecule has 0 aliphatic heterocycles. The third kappa shape index (κ3) is 3.80. The number of rotatable bonds is 9. The standard InChI is InChI=1S/C14H31N3/c1-7-14(8-2,17(9-3)10-4)13(16-15)11-12(5)6/h13,16H,5,7-11,15H2,1-4,6H3. The Labute approximate surface area is 107 Å². The molecule has 0 aliphatic rings. The fourth-order valence-electron chi connectivity index (χ4n) is 3.02. The molecule has 0 saturated heterocycles. The second-order valence-corrected chi connectivity index (χ2v) is 4.86. The Morgan fingerprint density at radius 1 is 1.24 bits per heavy atom. The van der Waals surface area contributed by atoms with Crippen LogP contribution in [0.3, 0.4) is 0 Å². The molecule has 0 aromatic carbocycles. The molecule has 0 aromatic rings. The van der Waals surface area contributed by atoms with E-state index >= 15 is 0 Å². The molecule has 0 radical (unpaired) electrons. The molecule has 0 aliphatic carbocycles. The predicted octanol–water partition coefficient (Wildman–Crippen LogP) is 2.69. The monoisotopic (exact) mass is 241 g/mol. The number of likely N-dealkylation sites (N-methyl/N-ethyl adjacent to an activating group) is 1. The molecule has 1 atom stereocenters. The smallest absolute Gasteiger partial charge is 0.0431 e. The van der Waals surface area contributed by atoms with Gasteiger partial charge in [-0.1, -0.05) is 33.3 Å². The lowest BCUT2D eigenvalue weighted by molar-refractivity contribution is 0.0493. The molecule has 0 saturated carbocycles. The highest BCUT2D eigenvalue weighted by molar-refractivity contribution is 5.04. The summed E-state index contributed by atoms with van der Waals surface area (Å²) in [5, 5.41) is 0. The van der Waals surface area contributed by atoms with Gasteiger partial charge in [0.2, 0.25) is 0 Å². The molecule has 0 amide bonds. The fourth-order valence-corrected chi connectivity index (χ4v) is 3.02. The van der Waals surface area contributed by atoms with Gasteiger partial charge in [-0.3, -0.25) is 16.2 Å². The lowest BCUT2D eigenvalue weighted by atomic mass is 9.80. The van der Waals surface area contributed by atoms with Crippen molar-refractivity contribution in [3.63, 3.8) is 0 Å². The quantitative estimate of drug-likeness (QED) is 0.370. The van der Waals surface area contributed by atoms with Gasteiger partial charge in [-0.05, 0) is 39.3 Å². The number of nitrogens with one attached hydrogen (secondary N) is 1. The van der Waals surface area contributed by atoms with Crippen LogP contribution < -0.4 is 11.3 Å². The Kier molecular flexibility index (Phi) is 7.68. The molecule has 0 rings (SSSR count). The van der Waals surface area contributed by atoms with Crippen molar-refractivity contribution in [3.05, 3.63) is 12.2 Å². The zero-order valence-corrected chi connectivity index (χ0v) is 12.3. The van der Waals surface area contributed by atoms with Gasteiger partial charge < -0.3 is 0 Å². The molecule has 1 unspecified atom stereocenters. The Morgan fingerprint density at radius 3 is 1.94 bits per heavy atom. The van der Waals surface area contributed by atoms with E-state index in [-0.39, 0.29) is 11.6 Å². The van der Waals surface area contributed by atoms with E-state index in [2.05, 4.69) is 51.5 Å². The van der Waals surface area contributed by atoms with Gasteiger partial charge in [0.25, 0.3) is 0 Å². The van der Waals surface area contributed by atoms with Crippen molar-refractivity contribution in [2.45, 2.75) is 65.5 Å². The first kappa shape index (κ1) is 16.6. The van der Waals surface area contributed by atoms with E-state index in [4.69, 9.17) is 5.84 Å². The second-order valence-electron chi connectivity index (χ2n) is 4.86. The molecule has 0 fully saturated rings. The van der Waals surface area contributed by atoms with Crippen LogP contribution in [0.25, 0.3) is 0 Å². The minimum atomic E-state index is 0.136. The zero-order chi connectivity index (χ0) is 13.5. The Bertz CT molecular complexity index is 218. The van der Waals surface area contributed by atoms with Gasteiger partial charge >= 0.3 is 0 Å². The average Bonchev–Trinajstić information content (AvgIpc) is 2.33. The summed E-state index contributed by atoms with van der Waals surface area (Å²) < 4.78 is 0. The van der Waals surface area contributed by atoms with Gasteiger partial charge in [-0.15, -0.1) is 6.58 Å². The van der Waals surface area contributed by atoms with Crippen LogP contribution in [-0.4, -0.2) is 29.6 Å². The summed E-state index contributed by atoms with van der Waals surface area (Å²) in [6, 6.07) is 0.273. The van der Waals surface area contributed by atoms with Crippen LogP contribution >= 0.6 is 0 Å². The normalized spacial score (nSPS) is 14.1. The van der Waals surface area contributed by atoms with Crippen molar-refractivity contribution < 1.29 is 0 Å². The number of nitrogens with zero attached hydrogens (tertiary/aromatic N) is 1. The van der Waals surface area contributed by atoms with E-state index in [1.807, 2.05) is 0 Å². The zero-order valence-electron chi connectivity index (χ0n) is 12.3. The van der Waals surface area contributed by atoms with Crippen molar-refractivity contribution in [1.29, 1.82) is 0 Å². The molecule has 3 nitrogen and oxygen atoms in total. The Hall–Kier alpha value is -0.380. The summed E-state index contributed by atoms with van der Waals surface area (Å²) in [6.45, 7) is 17.2. The molecule has 3 heteroatoms.